The predicted molar refractivity (Wildman–Crippen MR) is 155 cm³/mol. The molecule has 1 fully saturated rings. The van der Waals surface area contributed by atoms with Gasteiger partial charge in [-0.3, -0.25) is 4.79 Å². The van der Waals surface area contributed by atoms with Crippen molar-refractivity contribution in [1.29, 1.82) is 0 Å². The summed E-state index contributed by atoms with van der Waals surface area (Å²) in [5.74, 6) is -1.67. The van der Waals surface area contributed by atoms with Crippen LogP contribution in [0.15, 0.2) is 17.0 Å². The van der Waals surface area contributed by atoms with E-state index in [1.54, 1.807) is 10.6 Å². The van der Waals surface area contributed by atoms with E-state index in [2.05, 4.69) is 10.6 Å². The van der Waals surface area contributed by atoms with E-state index in [0.717, 1.165) is 0 Å². The zero-order chi connectivity index (χ0) is 30.4. The highest BCUT2D eigenvalue weighted by Gasteiger charge is 2.43. The largest absolute Gasteiger partial charge is 0.446 e. The van der Waals surface area contributed by atoms with Crippen LogP contribution in [-0.2, 0) is 38.9 Å². The van der Waals surface area contributed by atoms with Crippen LogP contribution in [0.1, 0.15) is 66.8 Å². The lowest BCUT2D eigenvalue weighted by Crippen LogP contribution is -2.37. The van der Waals surface area contributed by atoms with Gasteiger partial charge >= 0.3 is 6.09 Å². The van der Waals surface area contributed by atoms with Gasteiger partial charge in [0.1, 0.15) is 11.9 Å². The molecule has 2 amide bonds. The molecule has 5 rings (SSSR count). The summed E-state index contributed by atoms with van der Waals surface area (Å²) in [6.07, 6.45) is 2.29. The molecule has 4 N–H and O–H groups in total. The Kier molecular flexibility index (Phi) is 8.29. The van der Waals surface area contributed by atoms with Gasteiger partial charge in [0.05, 0.1) is 46.5 Å². The summed E-state index contributed by atoms with van der Waals surface area (Å²) >= 11 is 0. The number of aromatic nitrogens is 1. The summed E-state index contributed by atoms with van der Waals surface area (Å²) in [4.78, 5) is 26.7. The molecule has 1 aliphatic carbocycles. The number of likely N-dealkylation sites (N-methyl/N-ethyl adjacent to an activating group) is 1. The van der Waals surface area contributed by atoms with Crippen molar-refractivity contribution in [2.75, 3.05) is 38.3 Å². The quantitative estimate of drug-likeness (QED) is 0.416. The number of hydrogen-bond donors (Lipinski definition) is 3. The fourth-order valence-electron chi connectivity index (χ4n) is 6.39. The van der Waals surface area contributed by atoms with Crippen molar-refractivity contribution in [3.05, 3.63) is 40.5 Å². The lowest BCUT2D eigenvalue weighted by Gasteiger charge is -2.31. The molecule has 1 saturated carbocycles. The number of alkyl carbamates (subject to hydrolysis) is 1. The number of carbonyl (C=O) groups excluding carboxylic acids is 2. The minimum atomic E-state index is -3.58. The number of fused-ring (bicyclic) bond motifs is 3. The Morgan fingerprint density at radius 3 is 2.55 bits per heavy atom. The lowest BCUT2D eigenvalue weighted by molar-refractivity contribution is 0.0728. The lowest BCUT2D eigenvalue weighted by atomic mass is 9.89. The third-order valence-corrected chi connectivity index (χ3v) is 10.4. The maximum absolute atomic E-state index is 15.6. The Bertz CT molecular complexity index is 1490. The number of nitrogens with one attached hydrogen (secondary N) is 2. The van der Waals surface area contributed by atoms with Gasteiger partial charge in [0, 0.05) is 30.4 Å². The van der Waals surface area contributed by atoms with Gasteiger partial charge in [-0.05, 0) is 63.7 Å². The van der Waals surface area contributed by atoms with Crippen LogP contribution in [0.25, 0.3) is 5.69 Å². The Hall–Kier alpha value is -3.16. The highest BCUT2D eigenvalue weighted by molar-refractivity contribution is 7.91. The molecule has 3 aliphatic rings. The number of primary amides is 1. The van der Waals surface area contributed by atoms with Crippen LogP contribution in [-0.4, -0.2) is 75.0 Å². The van der Waals surface area contributed by atoms with Crippen LogP contribution in [0.5, 0.6) is 0 Å². The number of ether oxygens (including phenoxy) is 2. The average molecular weight is 606 g/mol. The van der Waals surface area contributed by atoms with Crippen LogP contribution in [0.3, 0.4) is 0 Å². The zero-order valence-corrected chi connectivity index (χ0v) is 25.4. The van der Waals surface area contributed by atoms with Crippen molar-refractivity contribution in [2.24, 2.45) is 11.1 Å². The monoisotopic (exact) mass is 605 g/mol. The Morgan fingerprint density at radius 1 is 1.17 bits per heavy atom. The fraction of sp³-hybridized carbons (Fsp3) is 0.586. The molecule has 1 aromatic heterocycles. The molecule has 2 aliphatic heterocycles. The molecule has 13 heteroatoms. The van der Waals surface area contributed by atoms with Gasteiger partial charge in [0.15, 0.2) is 9.84 Å². The van der Waals surface area contributed by atoms with Crippen molar-refractivity contribution in [3.63, 3.8) is 0 Å². The van der Waals surface area contributed by atoms with Gasteiger partial charge < -0.3 is 35.3 Å². The van der Waals surface area contributed by atoms with Crippen LogP contribution in [0, 0.1) is 11.2 Å². The maximum Gasteiger partial charge on any atom is 0.407 e. The number of amides is 2. The van der Waals surface area contributed by atoms with E-state index < -0.39 is 33.1 Å². The molecule has 1 aromatic carbocycles. The first-order chi connectivity index (χ1) is 19.8. The number of benzene rings is 1. The van der Waals surface area contributed by atoms with Gasteiger partial charge in [0.25, 0.3) is 5.91 Å². The van der Waals surface area contributed by atoms with Gasteiger partial charge in [-0.1, -0.05) is 13.8 Å². The smallest absolute Gasteiger partial charge is 0.407 e. The second-order valence-corrected chi connectivity index (χ2v) is 14.5. The minimum Gasteiger partial charge on any atom is -0.446 e. The number of nitrogens with zero attached hydrogens (tertiary/aromatic N) is 2. The Balaban J connectivity index is 1.40. The molecular weight excluding hydrogens is 565 g/mol. The van der Waals surface area contributed by atoms with Crippen LogP contribution in [0.2, 0.25) is 0 Å². The third-order valence-electron chi connectivity index (χ3n) is 8.16. The maximum atomic E-state index is 15.6. The Morgan fingerprint density at radius 2 is 1.88 bits per heavy atom. The normalized spacial score (nSPS) is 22.3. The molecule has 42 heavy (non-hydrogen) atoms. The fourth-order valence-corrected chi connectivity index (χ4v) is 8.74. The average Bonchev–Trinajstić information content (AvgIpc) is 3.43. The van der Waals surface area contributed by atoms with Crippen LogP contribution < -0.4 is 16.4 Å². The summed E-state index contributed by atoms with van der Waals surface area (Å²) in [6.45, 7) is 5.39. The topological polar surface area (TPSA) is 145 Å². The van der Waals surface area contributed by atoms with E-state index in [4.69, 9.17) is 15.2 Å². The highest BCUT2D eigenvalue weighted by Crippen LogP contribution is 2.44. The first-order valence-electron chi connectivity index (χ1n) is 14.3. The number of anilines is 1. The second kappa shape index (κ2) is 11.5. The standard InChI is InChI=1S/C29H40FN5O6S/c1-29(2)13-23-26(42(38,39)16-29)20-14-40-15-24(20)35(23)18-11-21(30)25(27(31)36)22(12-18)33-17-5-7-19(8-6-17)41-28(37)32-9-10-34(3)4/h11-12,17,19,33H,5-10,13-16H2,1-4H3,(H2,31,36)(H,32,37)/t17-,19-. The molecule has 0 atom stereocenters. The number of carbonyl (C=O) groups is 2. The van der Waals surface area contributed by atoms with E-state index in [1.807, 2.05) is 32.8 Å². The molecular formula is C29H40FN5O6S. The summed E-state index contributed by atoms with van der Waals surface area (Å²) in [7, 11) is 0.266. The SMILES string of the molecule is CN(C)CCNC(=O)O[C@H]1CC[C@H](Nc2cc(-n3c4c(c5c3CC(C)(C)CS5(=O)=O)COC4)cc(F)c2C(N)=O)CC1. The van der Waals surface area contributed by atoms with E-state index in [9.17, 15) is 18.0 Å². The third kappa shape index (κ3) is 6.13. The van der Waals surface area contributed by atoms with Crippen molar-refractivity contribution >= 4 is 27.5 Å². The number of nitrogens with two attached hydrogens (primary N) is 1. The van der Waals surface area contributed by atoms with Crippen molar-refractivity contribution in [3.8, 4) is 5.69 Å². The predicted octanol–water partition coefficient (Wildman–Crippen LogP) is 3.11. The number of sulfone groups is 1. The van der Waals surface area contributed by atoms with Gasteiger partial charge in [-0.25, -0.2) is 17.6 Å². The van der Waals surface area contributed by atoms with Crippen molar-refractivity contribution in [1.82, 2.24) is 14.8 Å². The number of halogens is 1. The summed E-state index contributed by atoms with van der Waals surface area (Å²) in [6, 6.07) is 2.79. The molecule has 11 nitrogen and oxygen atoms in total. The number of hydrogen-bond acceptors (Lipinski definition) is 8. The molecule has 3 heterocycles. The van der Waals surface area contributed by atoms with Crippen LogP contribution >= 0.6 is 0 Å². The van der Waals surface area contributed by atoms with Crippen molar-refractivity contribution in [2.45, 2.75) is 76.2 Å². The molecule has 2 aromatic rings. The molecule has 0 unspecified atom stereocenters. The summed E-state index contributed by atoms with van der Waals surface area (Å²) in [5.41, 5.74) is 7.41. The second-order valence-electron chi connectivity index (χ2n) is 12.6. The molecule has 230 valence electrons. The highest BCUT2D eigenvalue weighted by atomic mass is 32.2. The molecule has 0 saturated heterocycles. The van der Waals surface area contributed by atoms with E-state index in [1.165, 1.54) is 6.07 Å². The summed E-state index contributed by atoms with van der Waals surface area (Å²) < 4.78 is 55.3. The van der Waals surface area contributed by atoms with E-state index >= 15 is 4.39 Å². The van der Waals surface area contributed by atoms with Crippen LogP contribution in [0.4, 0.5) is 14.9 Å². The van der Waals surface area contributed by atoms with E-state index in [-0.39, 0.29) is 47.3 Å². The molecule has 0 bridgehead atoms. The molecule has 0 spiro atoms. The minimum absolute atomic E-state index is 0.0232. The first kappa shape index (κ1) is 30.3. The first-order valence-corrected chi connectivity index (χ1v) is 16.0. The van der Waals surface area contributed by atoms with E-state index in [0.29, 0.717) is 67.8 Å². The number of rotatable bonds is 8. The summed E-state index contributed by atoms with van der Waals surface area (Å²) in [5, 5.41) is 6.06. The van der Waals surface area contributed by atoms with Gasteiger partial charge in [0.2, 0.25) is 0 Å². The van der Waals surface area contributed by atoms with Gasteiger partial charge in [-0.2, -0.15) is 0 Å². The zero-order valence-electron chi connectivity index (χ0n) is 24.6. The molecule has 0 radical (unpaired) electrons. The Labute approximate surface area is 245 Å². The van der Waals surface area contributed by atoms with Gasteiger partial charge in [-0.15, -0.1) is 0 Å². The van der Waals surface area contributed by atoms with Crippen molar-refractivity contribution < 1.29 is 31.9 Å².